The third-order valence-corrected chi connectivity index (χ3v) is 4.36. The van der Waals surface area contributed by atoms with E-state index in [-0.39, 0.29) is 10.9 Å². The van der Waals surface area contributed by atoms with Crippen LogP contribution < -0.4 is 5.23 Å². The Morgan fingerprint density at radius 2 is 2.20 bits per heavy atom. The first kappa shape index (κ1) is 15.6. The summed E-state index contributed by atoms with van der Waals surface area (Å²) in [5, 5.41) is 21.1. The second-order valence-electron chi connectivity index (χ2n) is 5.99. The summed E-state index contributed by atoms with van der Waals surface area (Å²) in [4.78, 5) is 12.1. The smallest absolute Gasteiger partial charge is 0.0694 e. The fourth-order valence-corrected chi connectivity index (χ4v) is 3.16. The van der Waals surface area contributed by atoms with Crippen molar-refractivity contribution in [3.05, 3.63) is 70.8 Å². The summed E-state index contributed by atoms with van der Waals surface area (Å²) in [6.45, 7) is 0.815. The highest BCUT2D eigenvalue weighted by Gasteiger charge is 2.15. The van der Waals surface area contributed by atoms with Crippen LogP contribution in [0.5, 0.6) is 0 Å². The average Bonchev–Trinajstić information content (AvgIpc) is 3.05. The summed E-state index contributed by atoms with van der Waals surface area (Å²) in [7, 11) is 0. The lowest BCUT2D eigenvalue weighted by atomic mass is 9.95. The van der Waals surface area contributed by atoms with Crippen LogP contribution >= 0.6 is 0 Å². The summed E-state index contributed by atoms with van der Waals surface area (Å²) in [5.74, 6) is 0. The van der Waals surface area contributed by atoms with Crippen LogP contribution in [0.2, 0.25) is 0 Å². The first-order chi connectivity index (χ1) is 12.2. The normalized spacial score (nSPS) is 16.2. The largest absolute Gasteiger partial charge is 0.733 e. The van der Waals surface area contributed by atoms with Crippen molar-refractivity contribution in [3.63, 3.8) is 0 Å². The highest BCUT2D eigenvalue weighted by Crippen LogP contribution is 2.28. The molecule has 126 valence electrons. The monoisotopic (exact) mass is 333 g/mol. The number of benzene rings is 1. The number of H-pyrrole nitrogens is 1. The van der Waals surface area contributed by atoms with Gasteiger partial charge in [-0.2, -0.15) is 0 Å². The highest BCUT2D eigenvalue weighted by atomic mass is 16.8. The second kappa shape index (κ2) is 6.51. The zero-order valence-corrected chi connectivity index (χ0v) is 13.5. The maximum atomic E-state index is 11.2. The molecular weight excluding hydrogens is 316 g/mol. The molecule has 3 heterocycles. The molecule has 0 saturated heterocycles. The number of rotatable bonds is 3. The molecule has 2 aromatic heterocycles. The van der Waals surface area contributed by atoms with Crippen LogP contribution in [-0.4, -0.2) is 27.4 Å². The van der Waals surface area contributed by atoms with Crippen molar-refractivity contribution in [3.8, 4) is 0 Å². The van der Waals surface area contributed by atoms with Crippen molar-refractivity contribution in [1.29, 1.82) is 0 Å². The van der Waals surface area contributed by atoms with Crippen LogP contribution in [0, 0.1) is 5.21 Å². The van der Waals surface area contributed by atoms with E-state index in [2.05, 4.69) is 21.0 Å². The minimum atomic E-state index is -0.119. The van der Waals surface area contributed by atoms with Crippen molar-refractivity contribution in [2.24, 2.45) is 4.99 Å². The Kier molecular flexibility index (Phi) is 4.05. The third kappa shape index (κ3) is 3.05. The van der Waals surface area contributed by atoms with E-state index in [9.17, 15) is 5.21 Å². The Morgan fingerprint density at radius 1 is 1.28 bits per heavy atom. The first-order valence-electron chi connectivity index (χ1n) is 8.15. The number of nitrogens with zero attached hydrogens (tertiary/aromatic N) is 3. The lowest BCUT2D eigenvalue weighted by Crippen LogP contribution is -2.11. The standard InChI is InChI=1S/C19H17N4O2/c24-23(25)16-5-6-18-17(10-16)15(12-22-18)9-13-3-2-8-21-19(13)14-4-1-7-20-11-14/h1,4-7,9-12,22,24H,2-3,8H2/q-1/b13-9+. The Labute approximate surface area is 144 Å². The van der Waals surface area contributed by atoms with Crippen LogP contribution in [0.4, 0.5) is 5.69 Å². The van der Waals surface area contributed by atoms with Gasteiger partial charge in [0.25, 0.3) is 0 Å². The predicted octanol–water partition coefficient (Wildman–Crippen LogP) is 3.92. The summed E-state index contributed by atoms with van der Waals surface area (Å²) in [5.41, 5.74) is 5.21. The zero-order chi connectivity index (χ0) is 17.2. The number of aromatic nitrogens is 2. The number of aliphatic imine (C=N–C) groups is 1. The molecule has 0 atom stereocenters. The molecule has 0 saturated carbocycles. The van der Waals surface area contributed by atoms with Gasteiger partial charge in [0.05, 0.1) is 11.4 Å². The lowest BCUT2D eigenvalue weighted by molar-refractivity contribution is 0.296. The summed E-state index contributed by atoms with van der Waals surface area (Å²) >= 11 is 0. The van der Waals surface area contributed by atoms with Crippen LogP contribution in [0.1, 0.15) is 24.0 Å². The van der Waals surface area contributed by atoms with Gasteiger partial charge in [0.1, 0.15) is 0 Å². The Balaban J connectivity index is 1.79. The number of nitrogens with one attached hydrogen (secondary N) is 1. The Hall–Kier alpha value is -2.96. The number of pyridine rings is 1. The van der Waals surface area contributed by atoms with Crippen molar-refractivity contribution >= 4 is 28.4 Å². The molecule has 1 aliphatic rings. The molecule has 0 amide bonds. The van der Waals surface area contributed by atoms with E-state index in [1.807, 2.05) is 24.5 Å². The molecule has 6 nitrogen and oxygen atoms in total. The molecule has 0 fully saturated rings. The lowest BCUT2D eigenvalue weighted by Gasteiger charge is -2.21. The van der Waals surface area contributed by atoms with Crippen molar-refractivity contribution in [2.45, 2.75) is 12.8 Å². The van der Waals surface area contributed by atoms with Gasteiger partial charge >= 0.3 is 0 Å². The topological polar surface area (TPSA) is 87.6 Å². The maximum absolute atomic E-state index is 11.2. The molecule has 1 aliphatic heterocycles. The maximum Gasteiger partial charge on any atom is 0.0694 e. The van der Waals surface area contributed by atoms with E-state index in [4.69, 9.17) is 5.21 Å². The Bertz CT molecular complexity index is 958. The fraction of sp³-hybridized carbons (Fsp3) is 0.158. The van der Waals surface area contributed by atoms with Crippen LogP contribution in [0.15, 0.2) is 59.5 Å². The predicted molar refractivity (Wildman–Crippen MR) is 98.8 cm³/mol. The summed E-state index contributed by atoms with van der Waals surface area (Å²) in [6.07, 6.45) is 9.53. The van der Waals surface area contributed by atoms with E-state index in [1.165, 1.54) is 0 Å². The van der Waals surface area contributed by atoms with Crippen molar-refractivity contribution in [1.82, 2.24) is 9.97 Å². The molecule has 2 N–H and O–H groups in total. The number of hydrogen-bond donors (Lipinski definition) is 2. The molecule has 0 bridgehead atoms. The van der Waals surface area contributed by atoms with Gasteiger partial charge in [0.2, 0.25) is 0 Å². The molecule has 4 rings (SSSR count). The number of anilines is 1. The van der Waals surface area contributed by atoms with Crippen LogP contribution in [0.3, 0.4) is 0 Å². The minimum absolute atomic E-state index is 0.119. The quantitative estimate of drug-likeness (QED) is 0.711. The van der Waals surface area contributed by atoms with Gasteiger partial charge in [0, 0.05) is 47.2 Å². The first-order valence-corrected chi connectivity index (χ1v) is 8.15. The van der Waals surface area contributed by atoms with Crippen LogP contribution in [0.25, 0.3) is 17.0 Å². The van der Waals surface area contributed by atoms with E-state index in [1.54, 1.807) is 24.4 Å². The van der Waals surface area contributed by atoms with Gasteiger partial charge in [-0.25, -0.2) is 0 Å². The minimum Gasteiger partial charge on any atom is -0.733 e. The fourth-order valence-electron chi connectivity index (χ4n) is 3.16. The van der Waals surface area contributed by atoms with E-state index >= 15 is 0 Å². The molecule has 0 radical (unpaired) electrons. The number of allylic oxidation sites excluding steroid dienone is 1. The number of aromatic amines is 1. The third-order valence-electron chi connectivity index (χ3n) is 4.36. The van der Waals surface area contributed by atoms with Gasteiger partial charge in [-0.3, -0.25) is 15.2 Å². The molecule has 0 aliphatic carbocycles. The van der Waals surface area contributed by atoms with Crippen molar-refractivity contribution < 1.29 is 5.21 Å². The van der Waals surface area contributed by atoms with Gasteiger partial charge < -0.3 is 15.4 Å². The molecule has 25 heavy (non-hydrogen) atoms. The van der Waals surface area contributed by atoms with Gasteiger partial charge in [-0.15, -0.1) is 0 Å². The van der Waals surface area contributed by atoms with Gasteiger partial charge in [-0.05, 0) is 54.8 Å². The van der Waals surface area contributed by atoms with Gasteiger partial charge in [-0.1, -0.05) is 0 Å². The molecule has 3 aromatic rings. The van der Waals surface area contributed by atoms with Gasteiger partial charge in [0.15, 0.2) is 0 Å². The van der Waals surface area contributed by atoms with E-state index in [0.29, 0.717) is 0 Å². The SMILES string of the molecule is [O-]N(O)c1ccc2[nH]cc(/C=C3\CCCN=C3c3cccnc3)c2c1. The van der Waals surface area contributed by atoms with E-state index in [0.717, 1.165) is 52.7 Å². The molecular formula is C19H17N4O2-. The number of fused-ring (bicyclic) bond motifs is 1. The number of hydrogen-bond acceptors (Lipinski definition) is 5. The summed E-state index contributed by atoms with van der Waals surface area (Å²) in [6, 6.07) is 8.96. The summed E-state index contributed by atoms with van der Waals surface area (Å²) < 4.78 is 0. The van der Waals surface area contributed by atoms with E-state index < -0.39 is 0 Å². The highest BCUT2D eigenvalue weighted by molar-refractivity contribution is 6.15. The molecule has 0 unspecified atom stereocenters. The van der Waals surface area contributed by atoms with Crippen molar-refractivity contribution in [2.75, 3.05) is 11.8 Å². The zero-order valence-electron chi connectivity index (χ0n) is 13.5. The average molecular weight is 333 g/mol. The van der Waals surface area contributed by atoms with Crippen LogP contribution in [-0.2, 0) is 0 Å². The second-order valence-corrected chi connectivity index (χ2v) is 5.99. The molecule has 6 heteroatoms. The molecule has 0 spiro atoms. The molecule has 1 aromatic carbocycles. The Morgan fingerprint density at radius 3 is 3.00 bits per heavy atom.